The summed E-state index contributed by atoms with van der Waals surface area (Å²) in [6, 6.07) is 6.87. The molecule has 1 aromatic rings. The van der Waals surface area contributed by atoms with Crippen molar-refractivity contribution in [2.75, 3.05) is 7.11 Å². The average molecular weight is 184 g/mol. The molecule has 0 amide bonds. The number of carboxylic acid groups (broad SMARTS) is 1. The predicted octanol–water partition coefficient (Wildman–Crippen LogP) is 2.47. The third-order valence-electron chi connectivity index (χ3n) is 1.26. The third kappa shape index (κ3) is 2.47. The van der Waals surface area contributed by atoms with Crippen molar-refractivity contribution in [1.29, 1.82) is 0 Å². The lowest BCUT2D eigenvalue weighted by molar-refractivity contribution is 0.222. The lowest BCUT2D eigenvalue weighted by Gasteiger charge is -1.99. The van der Waals surface area contributed by atoms with Gasteiger partial charge in [-0.15, -0.1) is 0 Å². The SMILES string of the molecule is COc1ccc(SC(=O)O)cc1. The van der Waals surface area contributed by atoms with Crippen LogP contribution in [0.1, 0.15) is 0 Å². The minimum absolute atomic E-state index is 0.698. The van der Waals surface area contributed by atoms with Gasteiger partial charge < -0.3 is 9.84 Å². The molecule has 1 aromatic carbocycles. The maximum absolute atomic E-state index is 10.3. The molecule has 0 saturated heterocycles. The van der Waals surface area contributed by atoms with Crippen LogP contribution in [0.2, 0.25) is 0 Å². The van der Waals surface area contributed by atoms with Crippen LogP contribution in [0, 0.1) is 0 Å². The van der Waals surface area contributed by atoms with Crippen molar-refractivity contribution < 1.29 is 14.6 Å². The molecule has 0 aromatic heterocycles. The number of carbonyl (C=O) groups is 1. The maximum atomic E-state index is 10.3. The predicted molar refractivity (Wildman–Crippen MR) is 46.9 cm³/mol. The van der Waals surface area contributed by atoms with Crippen LogP contribution in [0.15, 0.2) is 29.2 Å². The molecule has 4 heteroatoms. The lowest BCUT2D eigenvalue weighted by atomic mass is 10.3. The number of methoxy groups -OCH3 is 1. The molecule has 0 radical (unpaired) electrons. The van der Waals surface area contributed by atoms with E-state index >= 15 is 0 Å². The van der Waals surface area contributed by atoms with E-state index in [1.165, 1.54) is 0 Å². The van der Waals surface area contributed by atoms with Crippen molar-refractivity contribution in [3.63, 3.8) is 0 Å². The standard InChI is InChI=1S/C8H8O3S/c1-11-6-2-4-7(5-3-6)12-8(9)10/h2-5H,1H3,(H,9,10). The monoisotopic (exact) mass is 184 g/mol. The number of rotatable bonds is 2. The van der Waals surface area contributed by atoms with Gasteiger partial charge in [0.15, 0.2) is 0 Å². The second kappa shape index (κ2) is 4.01. The Morgan fingerprint density at radius 2 is 2.00 bits per heavy atom. The van der Waals surface area contributed by atoms with Crippen LogP contribution in [-0.2, 0) is 0 Å². The number of thioether (sulfide) groups is 1. The van der Waals surface area contributed by atoms with Crippen LogP contribution in [0.3, 0.4) is 0 Å². The fraction of sp³-hybridized carbons (Fsp3) is 0.125. The molecule has 0 unspecified atom stereocenters. The van der Waals surface area contributed by atoms with Crippen LogP contribution in [-0.4, -0.2) is 17.5 Å². The molecule has 0 aliphatic heterocycles. The van der Waals surface area contributed by atoms with E-state index in [2.05, 4.69) is 0 Å². The fourth-order valence-electron chi connectivity index (χ4n) is 0.745. The quantitative estimate of drug-likeness (QED) is 0.717. The second-order valence-electron chi connectivity index (χ2n) is 2.04. The summed E-state index contributed by atoms with van der Waals surface area (Å²) in [7, 11) is 1.57. The molecule has 3 nitrogen and oxygen atoms in total. The first-order valence-corrected chi connectivity index (χ1v) is 4.09. The molecular formula is C8H8O3S. The number of hydrogen-bond acceptors (Lipinski definition) is 3. The number of benzene rings is 1. The first kappa shape index (κ1) is 8.93. The van der Waals surface area contributed by atoms with Gasteiger partial charge in [0.2, 0.25) is 0 Å². The van der Waals surface area contributed by atoms with Crippen molar-refractivity contribution in [1.82, 2.24) is 0 Å². The van der Waals surface area contributed by atoms with Gasteiger partial charge in [0, 0.05) is 4.90 Å². The van der Waals surface area contributed by atoms with Crippen molar-refractivity contribution in [3.05, 3.63) is 24.3 Å². The highest BCUT2D eigenvalue weighted by molar-refractivity contribution is 8.13. The van der Waals surface area contributed by atoms with E-state index in [1.54, 1.807) is 31.4 Å². The Bertz CT molecular complexity index is 268. The molecule has 0 saturated carbocycles. The van der Waals surface area contributed by atoms with Gasteiger partial charge in [-0.1, -0.05) is 0 Å². The Hall–Kier alpha value is -1.16. The summed E-state index contributed by atoms with van der Waals surface area (Å²) < 4.78 is 4.92. The van der Waals surface area contributed by atoms with Gasteiger partial charge in [0.25, 0.3) is 0 Å². The Balaban J connectivity index is 2.71. The van der Waals surface area contributed by atoms with E-state index in [0.29, 0.717) is 4.90 Å². The third-order valence-corrected chi connectivity index (χ3v) is 1.95. The van der Waals surface area contributed by atoms with Crippen molar-refractivity contribution in [3.8, 4) is 5.75 Å². The summed E-state index contributed by atoms with van der Waals surface area (Å²) in [5.41, 5.74) is 0. The summed E-state index contributed by atoms with van der Waals surface area (Å²) in [5, 5.41) is 7.52. The van der Waals surface area contributed by atoms with Crippen LogP contribution in [0.4, 0.5) is 4.79 Å². The van der Waals surface area contributed by atoms with E-state index in [9.17, 15) is 4.79 Å². The number of hydrogen-bond donors (Lipinski definition) is 1. The molecule has 12 heavy (non-hydrogen) atoms. The van der Waals surface area contributed by atoms with Crippen LogP contribution in [0.25, 0.3) is 0 Å². The Morgan fingerprint density at radius 1 is 1.42 bits per heavy atom. The highest BCUT2D eigenvalue weighted by Gasteiger charge is 2.00. The van der Waals surface area contributed by atoms with Gasteiger partial charge in [-0.05, 0) is 36.0 Å². The van der Waals surface area contributed by atoms with Gasteiger partial charge in [0.05, 0.1) is 7.11 Å². The summed E-state index contributed by atoms with van der Waals surface area (Å²) in [6.07, 6.45) is 0. The van der Waals surface area contributed by atoms with Gasteiger partial charge in [0.1, 0.15) is 5.75 Å². The number of ether oxygens (including phenoxy) is 1. The van der Waals surface area contributed by atoms with Crippen molar-refractivity contribution in [2.45, 2.75) is 4.90 Å². The minimum atomic E-state index is -0.903. The molecule has 0 heterocycles. The molecule has 0 atom stereocenters. The van der Waals surface area contributed by atoms with E-state index in [-0.39, 0.29) is 0 Å². The molecule has 0 aliphatic carbocycles. The van der Waals surface area contributed by atoms with Gasteiger partial charge in [-0.2, -0.15) is 0 Å². The smallest absolute Gasteiger partial charge is 0.369 e. The molecule has 1 N–H and O–H groups in total. The zero-order chi connectivity index (χ0) is 8.97. The van der Waals surface area contributed by atoms with Gasteiger partial charge >= 0.3 is 5.30 Å². The van der Waals surface area contributed by atoms with Crippen molar-refractivity contribution in [2.24, 2.45) is 0 Å². The Kier molecular flexibility index (Phi) is 2.99. The molecule has 0 aliphatic rings. The first-order valence-electron chi connectivity index (χ1n) is 3.27. The zero-order valence-corrected chi connectivity index (χ0v) is 7.30. The highest BCUT2D eigenvalue weighted by Crippen LogP contribution is 2.21. The summed E-state index contributed by atoms with van der Waals surface area (Å²) in [5.74, 6) is 0.727. The van der Waals surface area contributed by atoms with Gasteiger partial charge in [-0.3, -0.25) is 0 Å². The minimum Gasteiger partial charge on any atom is -0.497 e. The van der Waals surface area contributed by atoms with E-state index < -0.39 is 5.30 Å². The van der Waals surface area contributed by atoms with Crippen molar-refractivity contribution >= 4 is 17.1 Å². The van der Waals surface area contributed by atoms with E-state index in [1.807, 2.05) is 0 Å². The van der Waals surface area contributed by atoms with E-state index in [0.717, 1.165) is 17.5 Å². The molecule has 0 bridgehead atoms. The molecule has 1 rings (SSSR count). The maximum Gasteiger partial charge on any atom is 0.369 e. The normalized spacial score (nSPS) is 9.42. The second-order valence-corrected chi connectivity index (χ2v) is 3.07. The Morgan fingerprint density at radius 3 is 2.42 bits per heavy atom. The van der Waals surface area contributed by atoms with Crippen LogP contribution >= 0.6 is 11.8 Å². The lowest BCUT2D eigenvalue weighted by Crippen LogP contribution is -1.84. The largest absolute Gasteiger partial charge is 0.497 e. The summed E-state index contributed by atoms with van der Waals surface area (Å²) in [4.78, 5) is 11.0. The molecule has 0 spiro atoms. The molecule has 0 fully saturated rings. The summed E-state index contributed by atoms with van der Waals surface area (Å²) >= 11 is 0.779. The average Bonchev–Trinajstić information content (AvgIpc) is 2.05. The zero-order valence-electron chi connectivity index (χ0n) is 6.48. The summed E-state index contributed by atoms with van der Waals surface area (Å²) in [6.45, 7) is 0. The fourth-order valence-corrected chi connectivity index (χ4v) is 1.22. The topological polar surface area (TPSA) is 46.5 Å². The van der Waals surface area contributed by atoms with Gasteiger partial charge in [-0.25, -0.2) is 4.79 Å². The van der Waals surface area contributed by atoms with E-state index in [4.69, 9.17) is 9.84 Å². The first-order chi connectivity index (χ1) is 5.72. The van der Waals surface area contributed by atoms with Crippen LogP contribution < -0.4 is 4.74 Å². The van der Waals surface area contributed by atoms with Crippen LogP contribution in [0.5, 0.6) is 5.75 Å². The molecule has 64 valence electrons. The Labute approximate surface area is 74.4 Å². The highest BCUT2D eigenvalue weighted by atomic mass is 32.2. The molecular weight excluding hydrogens is 176 g/mol.